The standard InChI is InChI=1S/C12H20N2O3/c15-12(5-9-8-16-4-3-13-9)14-6-10-1-2-11(7-14)17-10/h9-11,13H,1-8H2. The molecular weight excluding hydrogens is 220 g/mol. The van der Waals surface area contributed by atoms with Crippen molar-refractivity contribution in [2.24, 2.45) is 0 Å². The van der Waals surface area contributed by atoms with Gasteiger partial charge in [0.2, 0.25) is 5.91 Å². The van der Waals surface area contributed by atoms with Gasteiger partial charge in [0, 0.05) is 32.1 Å². The molecule has 5 heteroatoms. The minimum atomic E-state index is 0.191. The number of carbonyl (C=O) groups excluding carboxylic acids is 1. The molecule has 3 atom stereocenters. The van der Waals surface area contributed by atoms with Crippen LogP contribution in [0.2, 0.25) is 0 Å². The summed E-state index contributed by atoms with van der Waals surface area (Å²) in [5, 5.41) is 3.32. The van der Waals surface area contributed by atoms with E-state index in [1.54, 1.807) is 0 Å². The molecule has 96 valence electrons. The number of amides is 1. The lowest BCUT2D eigenvalue weighted by atomic mass is 10.1. The summed E-state index contributed by atoms with van der Waals surface area (Å²) in [6, 6.07) is 0.191. The molecule has 5 nitrogen and oxygen atoms in total. The number of fused-ring (bicyclic) bond motifs is 2. The molecule has 0 radical (unpaired) electrons. The number of hydrogen-bond donors (Lipinski definition) is 1. The van der Waals surface area contributed by atoms with Crippen molar-refractivity contribution in [2.45, 2.75) is 37.5 Å². The van der Waals surface area contributed by atoms with Gasteiger partial charge in [-0.2, -0.15) is 0 Å². The number of likely N-dealkylation sites (tertiary alicyclic amines) is 1. The fourth-order valence-electron chi connectivity index (χ4n) is 2.91. The van der Waals surface area contributed by atoms with Crippen LogP contribution >= 0.6 is 0 Å². The maximum Gasteiger partial charge on any atom is 0.224 e. The quantitative estimate of drug-likeness (QED) is 0.723. The van der Waals surface area contributed by atoms with Crippen LogP contribution in [0.15, 0.2) is 0 Å². The molecule has 0 spiro atoms. The molecule has 3 rings (SSSR count). The van der Waals surface area contributed by atoms with Gasteiger partial charge >= 0.3 is 0 Å². The molecule has 3 aliphatic heterocycles. The molecule has 3 aliphatic rings. The Labute approximate surface area is 101 Å². The van der Waals surface area contributed by atoms with Crippen LogP contribution in [0.25, 0.3) is 0 Å². The van der Waals surface area contributed by atoms with Crippen LogP contribution in [0.5, 0.6) is 0 Å². The van der Waals surface area contributed by atoms with Gasteiger partial charge < -0.3 is 19.7 Å². The lowest BCUT2D eigenvalue weighted by Gasteiger charge is -2.33. The molecule has 0 aromatic heterocycles. The molecule has 1 N–H and O–H groups in total. The Morgan fingerprint density at radius 2 is 2.06 bits per heavy atom. The molecule has 0 aromatic rings. The molecule has 0 aromatic carbocycles. The van der Waals surface area contributed by atoms with E-state index in [0.29, 0.717) is 13.0 Å². The monoisotopic (exact) mass is 240 g/mol. The Balaban J connectivity index is 1.51. The number of morpholine rings is 2. The second-order valence-corrected chi connectivity index (χ2v) is 5.19. The van der Waals surface area contributed by atoms with Gasteiger partial charge in [0.05, 0.1) is 25.4 Å². The summed E-state index contributed by atoms with van der Waals surface area (Å²) in [6.45, 7) is 3.83. The molecule has 3 fully saturated rings. The fraction of sp³-hybridized carbons (Fsp3) is 0.917. The first-order valence-corrected chi connectivity index (χ1v) is 6.55. The van der Waals surface area contributed by atoms with Crippen LogP contribution in [-0.2, 0) is 14.3 Å². The van der Waals surface area contributed by atoms with Crippen LogP contribution in [-0.4, -0.2) is 61.9 Å². The van der Waals surface area contributed by atoms with E-state index in [9.17, 15) is 4.79 Å². The van der Waals surface area contributed by atoms with Crippen LogP contribution < -0.4 is 5.32 Å². The second kappa shape index (κ2) is 4.92. The van der Waals surface area contributed by atoms with E-state index in [4.69, 9.17) is 9.47 Å². The maximum absolute atomic E-state index is 12.2. The molecular formula is C12H20N2O3. The van der Waals surface area contributed by atoms with E-state index in [2.05, 4.69) is 5.32 Å². The topological polar surface area (TPSA) is 50.8 Å². The van der Waals surface area contributed by atoms with Crippen molar-refractivity contribution in [3.8, 4) is 0 Å². The van der Waals surface area contributed by atoms with Crippen molar-refractivity contribution in [1.82, 2.24) is 10.2 Å². The molecule has 0 aliphatic carbocycles. The SMILES string of the molecule is O=C(CC1COCCN1)N1CC2CCC(C1)O2. The molecule has 3 saturated heterocycles. The molecule has 3 heterocycles. The largest absolute Gasteiger partial charge is 0.378 e. The van der Waals surface area contributed by atoms with Crippen LogP contribution in [0.1, 0.15) is 19.3 Å². The highest BCUT2D eigenvalue weighted by Crippen LogP contribution is 2.26. The summed E-state index contributed by atoms with van der Waals surface area (Å²) in [6.07, 6.45) is 3.35. The number of carbonyl (C=O) groups is 1. The molecule has 17 heavy (non-hydrogen) atoms. The average Bonchev–Trinajstić information content (AvgIpc) is 2.69. The Hall–Kier alpha value is -0.650. The number of ether oxygens (including phenoxy) is 2. The van der Waals surface area contributed by atoms with E-state index < -0.39 is 0 Å². The Bertz CT molecular complexity index is 279. The van der Waals surface area contributed by atoms with Gasteiger partial charge in [-0.15, -0.1) is 0 Å². The van der Waals surface area contributed by atoms with Crippen molar-refractivity contribution in [3.05, 3.63) is 0 Å². The highest BCUT2D eigenvalue weighted by atomic mass is 16.5. The number of rotatable bonds is 2. The van der Waals surface area contributed by atoms with Gasteiger partial charge in [-0.05, 0) is 12.8 Å². The highest BCUT2D eigenvalue weighted by Gasteiger charge is 2.36. The third-order valence-corrected chi connectivity index (χ3v) is 3.82. The van der Waals surface area contributed by atoms with E-state index in [1.807, 2.05) is 4.90 Å². The predicted molar refractivity (Wildman–Crippen MR) is 61.7 cm³/mol. The zero-order valence-electron chi connectivity index (χ0n) is 10.1. The lowest BCUT2D eigenvalue weighted by Crippen LogP contribution is -2.49. The van der Waals surface area contributed by atoms with Crippen LogP contribution in [0, 0.1) is 0 Å². The summed E-state index contributed by atoms with van der Waals surface area (Å²) < 4.78 is 11.1. The van der Waals surface area contributed by atoms with Gasteiger partial charge in [-0.25, -0.2) is 0 Å². The minimum Gasteiger partial charge on any atom is -0.378 e. The molecule has 0 saturated carbocycles. The van der Waals surface area contributed by atoms with Crippen molar-refractivity contribution in [3.63, 3.8) is 0 Å². The van der Waals surface area contributed by atoms with Crippen molar-refractivity contribution in [2.75, 3.05) is 32.8 Å². The zero-order chi connectivity index (χ0) is 11.7. The van der Waals surface area contributed by atoms with Crippen LogP contribution in [0.3, 0.4) is 0 Å². The maximum atomic E-state index is 12.2. The normalized spacial score (nSPS) is 37.2. The summed E-state index contributed by atoms with van der Waals surface area (Å²) >= 11 is 0. The number of nitrogens with one attached hydrogen (secondary N) is 1. The summed E-state index contributed by atoms with van der Waals surface area (Å²) in [7, 11) is 0. The third kappa shape index (κ3) is 2.61. The Morgan fingerprint density at radius 1 is 1.29 bits per heavy atom. The van der Waals surface area contributed by atoms with E-state index in [-0.39, 0.29) is 24.2 Å². The molecule has 2 bridgehead atoms. The smallest absolute Gasteiger partial charge is 0.224 e. The average molecular weight is 240 g/mol. The van der Waals surface area contributed by atoms with Gasteiger partial charge in [0.25, 0.3) is 0 Å². The van der Waals surface area contributed by atoms with Crippen molar-refractivity contribution in [1.29, 1.82) is 0 Å². The number of nitrogens with zero attached hydrogens (tertiary/aromatic N) is 1. The Kier molecular flexibility index (Phi) is 3.31. The summed E-state index contributed by atoms with van der Waals surface area (Å²) in [5.41, 5.74) is 0. The number of hydrogen-bond acceptors (Lipinski definition) is 4. The second-order valence-electron chi connectivity index (χ2n) is 5.19. The Morgan fingerprint density at radius 3 is 2.71 bits per heavy atom. The predicted octanol–water partition coefficient (Wildman–Crippen LogP) is -0.245. The first-order chi connectivity index (χ1) is 8.31. The lowest BCUT2D eigenvalue weighted by molar-refractivity contribution is -0.141. The fourth-order valence-corrected chi connectivity index (χ4v) is 2.91. The van der Waals surface area contributed by atoms with Gasteiger partial charge in [0.1, 0.15) is 0 Å². The van der Waals surface area contributed by atoms with Gasteiger partial charge in [-0.3, -0.25) is 4.79 Å². The summed E-state index contributed by atoms with van der Waals surface area (Å²) in [5.74, 6) is 0.244. The minimum absolute atomic E-state index is 0.191. The van der Waals surface area contributed by atoms with Crippen molar-refractivity contribution < 1.29 is 14.3 Å². The van der Waals surface area contributed by atoms with E-state index in [0.717, 1.165) is 39.1 Å². The first-order valence-electron chi connectivity index (χ1n) is 6.55. The molecule has 3 unspecified atom stereocenters. The van der Waals surface area contributed by atoms with Crippen molar-refractivity contribution >= 4 is 5.91 Å². The van der Waals surface area contributed by atoms with E-state index in [1.165, 1.54) is 0 Å². The van der Waals surface area contributed by atoms with Crippen LogP contribution in [0.4, 0.5) is 0 Å². The first kappa shape index (κ1) is 11.4. The van der Waals surface area contributed by atoms with Gasteiger partial charge in [0.15, 0.2) is 0 Å². The van der Waals surface area contributed by atoms with E-state index >= 15 is 0 Å². The highest BCUT2D eigenvalue weighted by molar-refractivity contribution is 5.77. The summed E-state index contributed by atoms with van der Waals surface area (Å²) in [4.78, 5) is 14.1. The van der Waals surface area contributed by atoms with Gasteiger partial charge in [-0.1, -0.05) is 0 Å². The zero-order valence-corrected chi connectivity index (χ0v) is 10.1. The third-order valence-electron chi connectivity index (χ3n) is 3.82. The molecule has 1 amide bonds.